The molecular formula is C19H13ClFNO5. The number of carbonyl (C=O) groups is 3. The first-order valence-corrected chi connectivity index (χ1v) is 8.19. The van der Waals surface area contributed by atoms with Crippen molar-refractivity contribution in [1.82, 2.24) is 4.90 Å². The second-order valence-corrected chi connectivity index (χ2v) is 6.29. The number of hydrogen-bond donors (Lipinski definition) is 2. The Morgan fingerprint density at radius 3 is 2.30 bits per heavy atom. The molecule has 1 heterocycles. The molecule has 1 aliphatic heterocycles. The molecule has 1 saturated heterocycles. The molecule has 1 fully saturated rings. The van der Waals surface area contributed by atoms with E-state index in [0.29, 0.717) is 5.02 Å². The number of aliphatic hydroxyl groups is 1. The maximum absolute atomic E-state index is 14.4. The fourth-order valence-electron chi connectivity index (χ4n) is 2.97. The van der Waals surface area contributed by atoms with Crippen LogP contribution in [0.15, 0.2) is 54.1 Å². The van der Waals surface area contributed by atoms with Crippen LogP contribution in [0.5, 0.6) is 0 Å². The smallest absolute Gasteiger partial charge is 0.323 e. The Morgan fingerprint density at radius 1 is 1.07 bits per heavy atom. The minimum absolute atomic E-state index is 0.0894. The van der Waals surface area contributed by atoms with Crippen molar-refractivity contribution in [3.05, 3.63) is 76.1 Å². The summed E-state index contributed by atoms with van der Waals surface area (Å²) in [4.78, 5) is 36.8. The van der Waals surface area contributed by atoms with Crippen molar-refractivity contribution in [1.29, 1.82) is 0 Å². The number of carbonyl (C=O) groups excluding carboxylic acids is 2. The van der Waals surface area contributed by atoms with Gasteiger partial charge in [-0.2, -0.15) is 0 Å². The summed E-state index contributed by atoms with van der Waals surface area (Å²) in [6.07, 6.45) is 0. The van der Waals surface area contributed by atoms with Gasteiger partial charge in [0.1, 0.15) is 18.1 Å². The number of carboxylic acids is 1. The van der Waals surface area contributed by atoms with Gasteiger partial charge in [0.05, 0.1) is 11.6 Å². The van der Waals surface area contributed by atoms with Crippen molar-refractivity contribution in [3.63, 3.8) is 0 Å². The molecule has 2 aromatic carbocycles. The standard InChI is InChI=1S/C19H13ClFNO5/c20-11-7-5-10(6-8-11)17(25)15-16(12-3-1-2-4-13(12)21)22(9-14(23)24)19(27)18(15)26/h1-8,16,25H,9H2,(H,23,24)/b17-15+/t16-/m0/s1. The average Bonchev–Trinajstić information content (AvgIpc) is 2.86. The molecule has 3 rings (SSSR count). The first-order valence-electron chi connectivity index (χ1n) is 7.82. The number of aliphatic carboxylic acids is 1. The molecule has 8 heteroatoms. The van der Waals surface area contributed by atoms with E-state index in [1.807, 2.05) is 0 Å². The lowest BCUT2D eigenvalue weighted by Gasteiger charge is -2.24. The monoisotopic (exact) mass is 389 g/mol. The summed E-state index contributed by atoms with van der Waals surface area (Å²) in [5, 5.41) is 20.1. The highest BCUT2D eigenvalue weighted by molar-refractivity contribution is 6.46. The Hall–Kier alpha value is -3.19. The summed E-state index contributed by atoms with van der Waals surface area (Å²) >= 11 is 5.81. The summed E-state index contributed by atoms with van der Waals surface area (Å²) in [6, 6.07) is 9.81. The first-order chi connectivity index (χ1) is 12.8. The molecule has 0 radical (unpaired) electrons. The van der Waals surface area contributed by atoms with Gasteiger partial charge in [0, 0.05) is 16.1 Å². The molecule has 0 unspecified atom stereocenters. The molecular weight excluding hydrogens is 377 g/mol. The van der Waals surface area contributed by atoms with E-state index in [4.69, 9.17) is 16.7 Å². The Morgan fingerprint density at radius 2 is 1.70 bits per heavy atom. The predicted octanol–water partition coefficient (Wildman–Crippen LogP) is 2.99. The van der Waals surface area contributed by atoms with Crippen LogP contribution in [0.1, 0.15) is 17.2 Å². The van der Waals surface area contributed by atoms with Gasteiger partial charge in [-0.3, -0.25) is 14.4 Å². The highest BCUT2D eigenvalue weighted by Gasteiger charge is 2.47. The molecule has 0 spiro atoms. The molecule has 6 nitrogen and oxygen atoms in total. The third-order valence-electron chi connectivity index (χ3n) is 4.16. The predicted molar refractivity (Wildman–Crippen MR) is 94.5 cm³/mol. The minimum Gasteiger partial charge on any atom is -0.507 e. The van der Waals surface area contributed by atoms with Crippen LogP contribution < -0.4 is 0 Å². The number of nitrogens with zero attached hydrogens (tertiary/aromatic N) is 1. The fourth-order valence-corrected chi connectivity index (χ4v) is 3.10. The first kappa shape index (κ1) is 18.6. The van der Waals surface area contributed by atoms with Crippen molar-refractivity contribution in [2.24, 2.45) is 0 Å². The Balaban J connectivity index is 2.23. The topological polar surface area (TPSA) is 94.9 Å². The Kier molecular flexibility index (Phi) is 4.96. The quantitative estimate of drug-likeness (QED) is 0.476. The van der Waals surface area contributed by atoms with Crippen LogP contribution in [-0.2, 0) is 14.4 Å². The molecule has 1 atom stereocenters. The molecule has 27 heavy (non-hydrogen) atoms. The molecule has 138 valence electrons. The van der Waals surface area contributed by atoms with Crippen LogP contribution in [0.2, 0.25) is 5.02 Å². The maximum Gasteiger partial charge on any atom is 0.323 e. The molecule has 0 bridgehead atoms. The fraction of sp³-hybridized carbons (Fsp3) is 0.105. The zero-order valence-electron chi connectivity index (χ0n) is 13.7. The van der Waals surface area contributed by atoms with E-state index in [2.05, 4.69) is 0 Å². The third-order valence-corrected chi connectivity index (χ3v) is 4.42. The van der Waals surface area contributed by atoms with E-state index in [1.54, 1.807) is 0 Å². The van der Waals surface area contributed by atoms with Gasteiger partial charge in [-0.05, 0) is 30.3 Å². The van der Waals surface area contributed by atoms with E-state index >= 15 is 0 Å². The van der Waals surface area contributed by atoms with Gasteiger partial charge >= 0.3 is 5.97 Å². The Labute approximate surface area is 158 Å². The number of benzene rings is 2. The summed E-state index contributed by atoms with van der Waals surface area (Å²) in [6.45, 7) is -0.818. The zero-order chi connectivity index (χ0) is 19.7. The molecule has 2 N–H and O–H groups in total. The Bertz CT molecular complexity index is 970. The van der Waals surface area contributed by atoms with Gasteiger partial charge < -0.3 is 15.1 Å². The van der Waals surface area contributed by atoms with E-state index in [9.17, 15) is 23.9 Å². The molecule has 2 aromatic rings. The lowest BCUT2D eigenvalue weighted by molar-refractivity contribution is -0.146. The van der Waals surface area contributed by atoms with Gasteiger partial charge in [-0.25, -0.2) is 4.39 Å². The van der Waals surface area contributed by atoms with Crippen LogP contribution >= 0.6 is 11.6 Å². The van der Waals surface area contributed by atoms with Crippen LogP contribution in [0.4, 0.5) is 4.39 Å². The number of Topliss-reactive ketones (excluding diaryl/α,β-unsaturated/α-hetero) is 1. The zero-order valence-corrected chi connectivity index (χ0v) is 14.5. The summed E-state index contributed by atoms with van der Waals surface area (Å²) in [5.74, 6) is -4.85. The number of hydrogen-bond acceptors (Lipinski definition) is 4. The van der Waals surface area contributed by atoms with Crippen molar-refractivity contribution in [2.75, 3.05) is 6.54 Å². The van der Waals surface area contributed by atoms with Crippen LogP contribution in [0.3, 0.4) is 0 Å². The van der Waals surface area contributed by atoms with E-state index in [-0.39, 0.29) is 16.7 Å². The average molecular weight is 390 g/mol. The van der Waals surface area contributed by atoms with Gasteiger partial charge in [-0.15, -0.1) is 0 Å². The van der Waals surface area contributed by atoms with Crippen LogP contribution in [-0.4, -0.2) is 39.3 Å². The largest absolute Gasteiger partial charge is 0.507 e. The molecule has 1 amide bonds. The van der Waals surface area contributed by atoms with E-state index < -0.39 is 41.8 Å². The van der Waals surface area contributed by atoms with E-state index in [1.165, 1.54) is 42.5 Å². The number of rotatable bonds is 4. The van der Waals surface area contributed by atoms with Gasteiger partial charge in [-0.1, -0.05) is 29.8 Å². The van der Waals surface area contributed by atoms with Gasteiger partial charge in [0.25, 0.3) is 11.7 Å². The maximum atomic E-state index is 14.4. The summed E-state index contributed by atoms with van der Waals surface area (Å²) in [5.41, 5.74) is -0.281. The van der Waals surface area contributed by atoms with Crippen molar-refractivity contribution in [2.45, 2.75) is 6.04 Å². The summed E-state index contributed by atoms with van der Waals surface area (Å²) < 4.78 is 14.4. The van der Waals surface area contributed by atoms with Gasteiger partial charge in [0.2, 0.25) is 0 Å². The van der Waals surface area contributed by atoms with Crippen LogP contribution in [0.25, 0.3) is 5.76 Å². The van der Waals surface area contributed by atoms with Crippen molar-refractivity contribution >= 4 is 35.0 Å². The lowest BCUT2D eigenvalue weighted by Crippen LogP contribution is -2.34. The number of carboxylic acid groups (broad SMARTS) is 1. The summed E-state index contributed by atoms with van der Waals surface area (Å²) in [7, 11) is 0. The lowest BCUT2D eigenvalue weighted by atomic mass is 9.95. The van der Waals surface area contributed by atoms with E-state index in [0.717, 1.165) is 11.0 Å². The van der Waals surface area contributed by atoms with Gasteiger partial charge in [0.15, 0.2) is 0 Å². The van der Waals surface area contributed by atoms with Crippen LogP contribution in [0, 0.1) is 5.82 Å². The van der Waals surface area contributed by atoms with Crippen molar-refractivity contribution < 1.29 is 29.0 Å². The molecule has 0 saturated carbocycles. The number of ketones is 1. The number of amides is 1. The normalized spacial score (nSPS) is 18.7. The molecule has 1 aliphatic rings. The SMILES string of the molecule is O=C(O)CN1C(=O)C(=O)/C(=C(/O)c2ccc(Cl)cc2)[C@@H]1c1ccccc1F. The number of aliphatic hydroxyl groups excluding tert-OH is 1. The third kappa shape index (κ3) is 3.41. The number of likely N-dealkylation sites (tertiary alicyclic amines) is 1. The molecule has 0 aromatic heterocycles. The highest BCUT2D eigenvalue weighted by Crippen LogP contribution is 2.40. The second kappa shape index (κ2) is 7.20. The minimum atomic E-state index is -1.37. The second-order valence-electron chi connectivity index (χ2n) is 5.85. The highest BCUT2D eigenvalue weighted by atomic mass is 35.5. The number of halogens is 2. The van der Waals surface area contributed by atoms with Crippen molar-refractivity contribution in [3.8, 4) is 0 Å². The molecule has 0 aliphatic carbocycles.